The molecule has 0 amide bonds. The molecule has 1 heterocycles. The Hall–Kier alpha value is -2.55. The van der Waals surface area contributed by atoms with E-state index in [9.17, 15) is 13.5 Å². The molecule has 0 unspecified atom stereocenters. The Labute approximate surface area is 156 Å². The van der Waals surface area contributed by atoms with Gasteiger partial charge in [-0.25, -0.2) is 8.42 Å². The molecule has 6 nitrogen and oxygen atoms in total. The fraction of sp³-hybridized carbons (Fsp3) is 0.111. The summed E-state index contributed by atoms with van der Waals surface area (Å²) in [6.07, 6.45) is 1.32. The number of hydrogen-bond acceptors (Lipinski definition) is 5. The van der Waals surface area contributed by atoms with Gasteiger partial charge in [-0.3, -0.25) is 9.98 Å². The van der Waals surface area contributed by atoms with Crippen LogP contribution in [0.5, 0.6) is 0 Å². The van der Waals surface area contributed by atoms with Crippen molar-refractivity contribution in [3.8, 4) is 5.69 Å². The molecule has 0 fully saturated rings. The number of sulfone groups is 1. The molecule has 3 rings (SSSR count). The average molecular weight is 387 g/mol. The van der Waals surface area contributed by atoms with Gasteiger partial charge in [-0.1, -0.05) is 36.4 Å². The zero-order chi connectivity index (χ0) is 18.7. The average Bonchev–Trinajstić information content (AvgIpc) is 2.65. The molecule has 0 saturated heterocycles. The molecule has 3 aromatic rings. The zero-order valence-electron chi connectivity index (χ0n) is 13.7. The van der Waals surface area contributed by atoms with Gasteiger partial charge in [0.25, 0.3) is 0 Å². The highest BCUT2D eigenvalue weighted by atomic mass is 32.2. The summed E-state index contributed by atoms with van der Waals surface area (Å²) in [6.45, 7) is -0.0749. The lowest BCUT2D eigenvalue weighted by atomic mass is 10.3. The maximum Gasteiger partial charge on any atom is 0.211 e. The van der Waals surface area contributed by atoms with Gasteiger partial charge in [0, 0.05) is 18.4 Å². The first-order valence-electron chi connectivity index (χ1n) is 7.84. The van der Waals surface area contributed by atoms with Crippen molar-refractivity contribution in [1.29, 1.82) is 5.41 Å². The van der Waals surface area contributed by atoms with Crippen LogP contribution in [-0.4, -0.2) is 29.3 Å². The maximum absolute atomic E-state index is 13.1. The second-order valence-electron chi connectivity index (χ2n) is 5.53. The monoisotopic (exact) mass is 387 g/mol. The van der Waals surface area contributed by atoms with Crippen LogP contribution < -0.4 is 5.49 Å². The molecule has 0 aliphatic rings. The standard InChI is InChI=1S/C18H17N3O3S2/c19-17-16(26(23,24)15-9-5-2-6-10-15)13-20(11-12-22)18(25)21(17)14-7-3-1-4-8-14/h1-10,13,19,22H,11-12H2. The van der Waals surface area contributed by atoms with Gasteiger partial charge in [-0.15, -0.1) is 0 Å². The van der Waals surface area contributed by atoms with Gasteiger partial charge in [0.15, 0.2) is 10.3 Å². The van der Waals surface area contributed by atoms with Crippen molar-refractivity contribution in [2.24, 2.45) is 0 Å². The van der Waals surface area contributed by atoms with Crippen molar-refractivity contribution in [3.05, 3.63) is 77.1 Å². The summed E-state index contributed by atoms with van der Waals surface area (Å²) in [5.41, 5.74) is 0.360. The van der Waals surface area contributed by atoms with E-state index in [4.69, 9.17) is 17.6 Å². The van der Waals surface area contributed by atoms with Gasteiger partial charge in [-0.05, 0) is 36.5 Å². The Morgan fingerprint density at radius 3 is 2.15 bits per heavy atom. The molecule has 0 spiro atoms. The summed E-state index contributed by atoms with van der Waals surface area (Å²) in [4.78, 5) is -0.0737. The van der Waals surface area contributed by atoms with E-state index < -0.39 is 9.84 Å². The Morgan fingerprint density at radius 1 is 1.00 bits per heavy atom. The van der Waals surface area contributed by atoms with Crippen LogP contribution in [-0.2, 0) is 16.4 Å². The molecule has 0 aliphatic heterocycles. The summed E-state index contributed by atoms with van der Waals surface area (Å²) in [5.74, 6) is 0. The van der Waals surface area contributed by atoms with Gasteiger partial charge < -0.3 is 9.67 Å². The van der Waals surface area contributed by atoms with Crippen LogP contribution in [0.25, 0.3) is 5.69 Å². The molecule has 2 N–H and O–H groups in total. The smallest absolute Gasteiger partial charge is 0.211 e. The zero-order valence-corrected chi connectivity index (χ0v) is 15.4. The van der Waals surface area contributed by atoms with Crippen LogP contribution in [0.3, 0.4) is 0 Å². The topological polar surface area (TPSA) is 88.1 Å². The first-order chi connectivity index (χ1) is 12.5. The van der Waals surface area contributed by atoms with Gasteiger partial charge in [0.05, 0.1) is 11.5 Å². The number of hydrogen-bond donors (Lipinski definition) is 2. The molecule has 26 heavy (non-hydrogen) atoms. The number of benzene rings is 2. The predicted molar refractivity (Wildman–Crippen MR) is 99.4 cm³/mol. The molecule has 0 radical (unpaired) electrons. The second-order valence-corrected chi connectivity index (χ2v) is 7.81. The summed E-state index contributed by atoms with van der Waals surface area (Å²) >= 11 is 5.43. The largest absolute Gasteiger partial charge is 0.395 e. The van der Waals surface area contributed by atoms with Crippen molar-refractivity contribution in [2.45, 2.75) is 16.3 Å². The van der Waals surface area contributed by atoms with Crippen LogP contribution >= 0.6 is 12.2 Å². The Bertz CT molecular complexity index is 1140. The third kappa shape index (κ3) is 3.26. The number of aliphatic hydroxyl groups excluding tert-OH is 1. The predicted octanol–water partition coefficient (Wildman–Crippen LogP) is 2.31. The number of para-hydroxylation sites is 1. The highest BCUT2D eigenvalue weighted by Crippen LogP contribution is 2.18. The first kappa shape index (κ1) is 18.2. The van der Waals surface area contributed by atoms with E-state index in [1.165, 1.54) is 27.5 Å². The number of nitrogens with zero attached hydrogens (tertiary/aromatic N) is 2. The lowest BCUT2D eigenvalue weighted by Crippen LogP contribution is -2.29. The van der Waals surface area contributed by atoms with Crippen molar-refractivity contribution in [1.82, 2.24) is 9.13 Å². The minimum Gasteiger partial charge on any atom is -0.395 e. The normalized spacial score (nSPS) is 11.4. The number of aliphatic hydroxyl groups is 1. The molecule has 0 bridgehead atoms. The molecular formula is C18H17N3O3S2. The van der Waals surface area contributed by atoms with E-state index in [2.05, 4.69) is 0 Å². The molecule has 134 valence electrons. The van der Waals surface area contributed by atoms with Crippen molar-refractivity contribution >= 4 is 22.1 Å². The van der Waals surface area contributed by atoms with Crippen molar-refractivity contribution in [3.63, 3.8) is 0 Å². The summed E-state index contributed by atoms with van der Waals surface area (Å²) in [7, 11) is -3.91. The van der Waals surface area contributed by atoms with E-state index in [0.29, 0.717) is 5.69 Å². The van der Waals surface area contributed by atoms with E-state index in [1.807, 2.05) is 6.07 Å². The van der Waals surface area contributed by atoms with Crippen LogP contribution in [0.15, 0.2) is 76.7 Å². The van der Waals surface area contributed by atoms with Crippen LogP contribution in [0.2, 0.25) is 0 Å². The molecule has 8 heteroatoms. The summed E-state index contributed by atoms with van der Waals surface area (Å²) in [6, 6.07) is 16.8. The first-order valence-corrected chi connectivity index (χ1v) is 9.73. The lowest BCUT2D eigenvalue weighted by Gasteiger charge is -2.16. The van der Waals surface area contributed by atoms with Crippen LogP contribution in [0, 0.1) is 10.2 Å². The summed E-state index contributed by atoms with van der Waals surface area (Å²) in [5, 5.41) is 17.8. The molecule has 2 aromatic carbocycles. The highest BCUT2D eigenvalue weighted by Gasteiger charge is 2.22. The van der Waals surface area contributed by atoms with E-state index in [0.717, 1.165) is 0 Å². The Morgan fingerprint density at radius 2 is 1.58 bits per heavy atom. The van der Waals surface area contributed by atoms with Crippen molar-refractivity contribution in [2.75, 3.05) is 6.61 Å². The van der Waals surface area contributed by atoms with Gasteiger partial charge in [-0.2, -0.15) is 0 Å². The molecular weight excluding hydrogens is 370 g/mol. The van der Waals surface area contributed by atoms with Gasteiger partial charge in [0.2, 0.25) is 9.84 Å². The summed E-state index contributed by atoms with van der Waals surface area (Å²) < 4.78 is 29.2. The number of rotatable bonds is 5. The third-order valence-electron chi connectivity index (χ3n) is 3.87. The molecule has 0 saturated carbocycles. The lowest BCUT2D eigenvalue weighted by molar-refractivity contribution is 0.273. The quantitative estimate of drug-likeness (QED) is 0.658. The van der Waals surface area contributed by atoms with Gasteiger partial charge >= 0.3 is 0 Å². The van der Waals surface area contributed by atoms with Crippen LogP contribution in [0.4, 0.5) is 0 Å². The number of aromatic nitrogens is 2. The SMILES string of the molecule is N=c1c(S(=O)(=O)c2ccccc2)cn(CCO)c(=S)n1-c1ccccc1. The molecule has 0 aliphatic carbocycles. The van der Waals surface area contributed by atoms with Gasteiger partial charge in [0.1, 0.15) is 4.90 Å². The molecule has 0 atom stereocenters. The number of nitrogens with one attached hydrogen (secondary N) is 1. The van der Waals surface area contributed by atoms with E-state index in [1.54, 1.807) is 42.5 Å². The maximum atomic E-state index is 13.1. The van der Waals surface area contributed by atoms with E-state index >= 15 is 0 Å². The fourth-order valence-electron chi connectivity index (χ4n) is 2.60. The Kier molecular flexibility index (Phi) is 5.17. The Balaban J connectivity index is 2.36. The third-order valence-corrected chi connectivity index (χ3v) is 6.05. The minimum atomic E-state index is -3.91. The molecule has 1 aromatic heterocycles. The van der Waals surface area contributed by atoms with Crippen molar-refractivity contribution < 1.29 is 13.5 Å². The highest BCUT2D eigenvalue weighted by molar-refractivity contribution is 7.91. The van der Waals surface area contributed by atoms with E-state index in [-0.39, 0.29) is 33.2 Å². The minimum absolute atomic E-state index is 0.0979. The second kappa shape index (κ2) is 7.36. The fourth-order valence-corrected chi connectivity index (χ4v) is 4.32. The van der Waals surface area contributed by atoms with Crippen LogP contribution in [0.1, 0.15) is 0 Å².